The number of hydrogen-bond acceptors (Lipinski definition) is 5. The number of nitrogens with zero attached hydrogens (tertiary/aromatic N) is 4. The first kappa shape index (κ1) is 18.8. The van der Waals surface area contributed by atoms with Gasteiger partial charge in [0.05, 0.1) is 0 Å². The molecule has 1 amide bonds. The van der Waals surface area contributed by atoms with Crippen LogP contribution in [-0.2, 0) is 6.54 Å². The van der Waals surface area contributed by atoms with Crippen LogP contribution < -0.4 is 9.47 Å². The van der Waals surface area contributed by atoms with Gasteiger partial charge in [-0.1, -0.05) is 0 Å². The molecule has 7 nitrogen and oxygen atoms in total. The van der Waals surface area contributed by atoms with E-state index in [0.29, 0.717) is 23.6 Å². The summed E-state index contributed by atoms with van der Waals surface area (Å²) in [6, 6.07) is 5.42. The summed E-state index contributed by atoms with van der Waals surface area (Å²) >= 11 is 0. The molecule has 2 aliphatic rings. The van der Waals surface area contributed by atoms with E-state index in [2.05, 4.69) is 34.7 Å². The monoisotopic (exact) mass is 384 g/mol. The highest BCUT2D eigenvalue weighted by Crippen LogP contribution is 2.33. The van der Waals surface area contributed by atoms with Crippen molar-refractivity contribution in [3.05, 3.63) is 42.0 Å². The molecule has 3 heterocycles. The summed E-state index contributed by atoms with van der Waals surface area (Å²) in [5, 5.41) is 0. The molecular formula is C21H28N4O3. The van der Waals surface area contributed by atoms with E-state index >= 15 is 0 Å². The number of piperidine rings is 1. The van der Waals surface area contributed by atoms with Gasteiger partial charge in [0.1, 0.15) is 5.82 Å². The number of carbonyl (C=O) groups excluding carboxylic acids is 1. The molecule has 1 aromatic carbocycles. The molecule has 28 heavy (non-hydrogen) atoms. The lowest BCUT2D eigenvalue weighted by Crippen LogP contribution is -2.39. The van der Waals surface area contributed by atoms with Crippen molar-refractivity contribution >= 4 is 5.91 Å². The van der Waals surface area contributed by atoms with Gasteiger partial charge in [-0.15, -0.1) is 0 Å². The Hall–Kier alpha value is -2.54. The van der Waals surface area contributed by atoms with Gasteiger partial charge in [-0.2, -0.15) is 0 Å². The van der Waals surface area contributed by atoms with Gasteiger partial charge < -0.3 is 23.8 Å². The maximum atomic E-state index is 13.0. The molecule has 150 valence electrons. The van der Waals surface area contributed by atoms with E-state index in [-0.39, 0.29) is 18.6 Å². The van der Waals surface area contributed by atoms with E-state index in [1.807, 2.05) is 23.2 Å². The second kappa shape index (κ2) is 8.22. The average Bonchev–Trinajstić information content (AvgIpc) is 3.36. The zero-order valence-electron chi connectivity index (χ0n) is 16.6. The molecule has 0 N–H and O–H groups in total. The van der Waals surface area contributed by atoms with Crippen LogP contribution in [0.5, 0.6) is 11.5 Å². The normalized spacial score (nSPS) is 18.7. The van der Waals surface area contributed by atoms with Crippen molar-refractivity contribution in [3.63, 3.8) is 0 Å². The molecule has 1 atom stereocenters. The molecule has 0 radical (unpaired) electrons. The first-order valence-electron chi connectivity index (χ1n) is 9.96. The minimum absolute atomic E-state index is 0.0497. The molecule has 0 bridgehead atoms. The first-order chi connectivity index (χ1) is 13.6. The lowest BCUT2D eigenvalue weighted by atomic mass is 9.96. The van der Waals surface area contributed by atoms with Crippen LogP contribution in [0.25, 0.3) is 0 Å². The highest BCUT2D eigenvalue weighted by molar-refractivity contribution is 5.95. The van der Waals surface area contributed by atoms with Crippen molar-refractivity contribution < 1.29 is 14.3 Å². The Morgan fingerprint density at radius 1 is 1.29 bits per heavy atom. The zero-order valence-corrected chi connectivity index (χ0v) is 16.6. The average molecular weight is 384 g/mol. The minimum Gasteiger partial charge on any atom is -0.454 e. The van der Waals surface area contributed by atoms with Crippen molar-refractivity contribution in [2.75, 3.05) is 40.5 Å². The number of hydrogen-bond donors (Lipinski definition) is 0. The molecule has 1 aromatic heterocycles. The van der Waals surface area contributed by atoms with Crippen molar-refractivity contribution in [2.45, 2.75) is 31.7 Å². The van der Waals surface area contributed by atoms with Crippen LogP contribution in [-0.4, -0.2) is 65.8 Å². The Bertz CT molecular complexity index is 833. The second-order valence-electron chi connectivity index (χ2n) is 7.79. The lowest BCUT2D eigenvalue weighted by Gasteiger charge is -2.33. The zero-order chi connectivity index (χ0) is 19.5. The standard InChI is InChI=1S/C21H28N4O3/c1-23(2)9-4-11-24-12-8-22-20(24)17-5-3-10-25(14-17)21(26)16-6-7-18-19(13-16)28-15-27-18/h6-8,12-13,17H,3-5,9-11,14-15H2,1-2H3/t17-/m0/s1. The Morgan fingerprint density at radius 2 is 2.14 bits per heavy atom. The van der Waals surface area contributed by atoms with Gasteiger partial charge >= 0.3 is 0 Å². The largest absolute Gasteiger partial charge is 0.454 e. The number of imidazole rings is 1. The number of aryl methyl sites for hydroxylation is 1. The molecule has 0 spiro atoms. The summed E-state index contributed by atoms with van der Waals surface area (Å²) in [5.74, 6) is 2.78. The molecule has 4 rings (SSSR count). The van der Waals surface area contributed by atoms with Gasteiger partial charge in [0.2, 0.25) is 6.79 Å². The fourth-order valence-electron chi connectivity index (χ4n) is 4.01. The molecule has 0 aliphatic carbocycles. The lowest BCUT2D eigenvalue weighted by molar-refractivity contribution is 0.0703. The van der Waals surface area contributed by atoms with Crippen molar-refractivity contribution in [1.29, 1.82) is 0 Å². The third kappa shape index (κ3) is 3.99. The van der Waals surface area contributed by atoms with Crippen molar-refractivity contribution in [1.82, 2.24) is 19.4 Å². The van der Waals surface area contributed by atoms with Crippen LogP contribution in [0, 0.1) is 0 Å². The summed E-state index contributed by atoms with van der Waals surface area (Å²) in [5.41, 5.74) is 0.652. The van der Waals surface area contributed by atoms with Crippen LogP contribution in [0.4, 0.5) is 0 Å². The number of aromatic nitrogens is 2. The van der Waals surface area contributed by atoms with Gasteiger partial charge in [-0.3, -0.25) is 4.79 Å². The molecule has 0 unspecified atom stereocenters. The van der Waals surface area contributed by atoms with E-state index in [4.69, 9.17) is 9.47 Å². The number of fused-ring (bicyclic) bond motifs is 1. The predicted molar refractivity (Wildman–Crippen MR) is 106 cm³/mol. The number of ether oxygens (including phenoxy) is 2. The highest BCUT2D eigenvalue weighted by atomic mass is 16.7. The van der Waals surface area contributed by atoms with Gasteiger partial charge in [0.25, 0.3) is 5.91 Å². The van der Waals surface area contributed by atoms with E-state index in [1.165, 1.54) is 0 Å². The predicted octanol–water partition coefficient (Wildman–Crippen LogP) is 2.58. The van der Waals surface area contributed by atoms with Crippen LogP contribution in [0.2, 0.25) is 0 Å². The topological polar surface area (TPSA) is 59.8 Å². The summed E-state index contributed by atoms with van der Waals surface area (Å²) in [6.45, 7) is 3.72. The Morgan fingerprint density at radius 3 is 3.00 bits per heavy atom. The fraction of sp³-hybridized carbons (Fsp3) is 0.524. The summed E-state index contributed by atoms with van der Waals surface area (Å²) < 4.78 is 13.0. The van der Waals surface area contributed by atoms with E-state index in [0.717, 1.165) is 44.7 Å². The fourth-order valence-corrected chi connectivity index (χ4v) is 4.01. The third-order valence-electron chi connectivity index (χ3n) is 5.45. The smallest absolute Gasteiger partial charge is 0.254 e. The first-order valence-corrected chi connectivity index (χ1v) is 9.96. The van der Waals surface area contributed by atoms with Crippen molar-refractivity contribution in [3.8, 4) is 11.5 Å². The molecular weight excluding hydrogens is 356 g/mol. The minimum atomic E-state index is 0.0497. The number of benzene rings is 1. The Kier molecular flexibility index (Phi) is 5.52. The number of amides is 1. The summed E-state index contributed by atoms with van der Waals surface area (Å²) in [4.78, 5) is 21.8. The number of likely N-dealkylation sites (tertiary alicyclic amines) is 1. The van der Waals surface area contributed by atoms with Crippen molar-refractivity contribution in [2.24, 2.45) is 0 Å². The van der Waals surface area contributed by atoms with E-state index in [1.54, 1.807) is 6.07 Å². The SMILES string of the molecule is CN(C)CCCn1ccnc1[C@H]1CCCN(C(=O)c2ccc3c(c2)OCO3)C1. The van der Waals surface area contributed by atoms with Crippen LogP contribution >= 0.6 is 0 Å². The summed E-state index contributed by atoms with van der Waals surface area (Å²) in [6.07, 6.45) is 7.08. The Balaban J connectivity index is 1.43. The highest BCUT2D eigenvalue weighted by Gasteiger charge is 2.28. The van der Waals surface area contributed by atoms with Crippen LogP contribution in [0.15, 0.2) is 30.6 Å². The summed E-state index contributed by atoms with van der Waals surface area (Å²) in [7, 11) is 4.19. The van der Waals surface area contributed by atoms with Gasteiger partial charge in [0.15, 0.2) is 11.5 Å². The molecule has 1 fully saturated rings. The molecule has 2 aliphatic heterocycles. The molecule has 2 aromatic rings. The van der Waals surface area contributed by atoms with Crippen LogP contribution in [0.3, 0.4) is 0 Å². The quantitative estimate of drug-likeness (QED) is 0.766. The second-order valence-corrected chi connectivity index (χ2v) is 7.79. The molecule has 0 saturated carbocycles. The maximum Gasteiger partial charge on any atom is 0.254 e. The van der Waals surface area contributed by atoms with Gasteiger partial charge in [0, 0.05) is 43.5 Å². The van der Waals surface area contributed by atoms with Gasteiger partial charge in [-0.05, 0) is 58.1 Å². The number of carbonyl (C=O) groups is 1. The molecule has 7 heteroatoms. The maximum absolute atomic E-state index is 13.0. The number of rotatable bonds is 6. The third-order valence-corrected chi connectivity index (χ3v) is 5.45. The molecule has 1 saturated heterocycles. The van der Waals surface area contributed by atoms with Crippen LogP contribution in [0.1, 0.15) is 41.4 Å². The van der Waals surface area contributed by atoms with Gasteiger partial charge in [-0.25, -0.2) is 4.98 Å². The Labute approximate surface area is 165 Å². The van der Waals surface area contributed by atoms with E-state index < -0.39 is 0 Å². The van der Waals surface area contributed by atoms with E-state index in [9.17, 15) is 4.79 Å².